The summed E-state index contributed by atoms with van der Waals surface area (Å²) in [5, 5.41) is 16.5. The van der Waals surface area contributed by atoms with Crippen LogP contribution in [0.5, 0.6) is 0 Å². The van der Waals surface area contributed by atoms with Crippen LogP contribution in [0.25, 0.3) is 0 Å². The number of aliphatic hydroxyl groups excluding tert-OH is 1. The lowest BCUT2D eigenvalue weighted by Gasteiger charge is -2.34. The zero-order valence-electron chi connectivity index (χ0n) is 21.3. The molecular weight excluding hydrogens is 479 g/mol. The lowest BCUT2D eigenvalue weighted by molar-refractivity contribution is -0.137. The Morgan fingerprint density at radius 1 is 0.973 bits per heavy atom. The summed E-state index contributed by atoms with van der Waals surface area (Å²) in [5.41, 5.74) is 0.674. The molecule has 1 saturated heterocycles. The third-order valence-electron chi connectivity index (χ3n) is 8.32. The molecule has 0 atom stereocenters. The highest BCUT2D eigenvalue weighted by molar-refractivity contribution is 5.58. The van der Waals surface area contributed by atoms with E-state index in [1.165, 1.54) is 38.3 Å². The van der Waals surface area contributed by atoms with Crippen LogP contribution in [-0.2, 0) is 6.18 Å². The van der Waals surface area contributed by atoms with E-state index in [9.17, 15) is 18.3 Å². The first kappa shape index (κ1) is 26.2. The van der Waals surface area contributed by atoms with Crippen LogP contribution in [0.15, 0.2) is 30.5 Å². The van der Waals surface area contributed by atoms with Crippen LogP contribution in [0, 0.1) is 5.92 Å². The van der Waals surface area contributed by atoms with Gasteiger partial charge in [0.05, 0.1) is 11.7 Å². The maximum Gasteiger partial charge on any atom is 0.416 e. The topological polar surface area (TPSA) is 73.3 Å². The molecule has 1 aromatic carbocycles. The first-order valence-corrected chi connectivity index (χ1v) is 13.8. The number of halogens is 3. The van der Waals surface area contributed by atoms with Crippen molar-refractivity contribution in [3.8, 4) is 0 Å². The third-order valence-corrected chi connectivity index (χ3v) is 8.32. The van der Waals surface area contributed by atoms with Crippen molar-refractivity contribution in [3.63, 3.8) is 0 Å². The van der Waals surface area contributed by atoms with E-state index in [4.69, 9.17) is 4.98 Å². The molecule has 1 aliphatic heterocycles. The lowest BCUT2D eigenvalue weighted by Crippen LogP contribution is -2.36. The molecule has 5 rings (SSSR count). The molecule has 37 heavy (non-hydrogen) atoms. The van der Waals surface area contributed by atoms with Crippen molar-refractivity contribution in [1.29, 1.82) is 0 Å². The van der Waals surface area contributed by atoms with Crippen LogP contribution >= 0.6 is 0 Å². The van der Waals surface area contributed by atoms with E-state index < -0.39 is 11.7 Å². The molecule has 3 aliphatic rings. The number of rotatable bonds is 7. The number of aliphatic hydroxyl groups is 1. The molecule has 0 amide bonds. The van der Waals surface area contributed by atoms with E-state index in [0.717, 1.165) is 81.0 Å². The largest absolute Gasteiger partial charge is 0.416 e. The Kier molecular flexibility index (Phi) is 8.19. The molecule has 3 N–H and O–H groups in total. The van der Waals surface area contributed by atoms with Crippen LogP contribution in [0.3, 0.4) is 0 Å². The Morgan fingerprint density at radius 2 is 1.70 bits per heavy atom. The van der Waals surface area contributed by atoms with Gasteiger partial charge in [0.2, 0.25) is 5.95 Å². The molecule has 0 radical (unpaired) electrons. The monoisotopic (exact) mass is 517 g/mol. The Bertz CT molecular complexity index is 1030. The minimum Gasteiger partial charge on any atom is -0.393 e. The number of hydrogen-bond acceptors (Lipinski definition) is 6. The maximum atomic E-state index is 13.2. The van der Waals surface area contributed by atoms with Gasteiger partial charge in [-0.05, 0) is 94.5 Å². The summed E-state index contributed by atoms with van der Waals surface area (Å²) in [6, 6.07) is 5.31. The fourth-order valence-corrected chi connectivity index (χ4v) is 6.17. The van der Waals surface area contributed by atoms with Gasteiger partial charge >= 0.3 is 6.18 Å². The SMILES string of the molecule is OC1CCC(Nc2nc(Nc3cccc(C(F)(F)F)c3)ncc2C2CCN(CC3CCCC3)CC2)CC1. The number of anilines is 3. The van der Waals surface area contributed by atoms with Gasteiger partial charge < -0.3 is 20.6 Å². The van der Waals surface area contributed by atoms with Gasteiger partial charge in [0.25, 0.3) is 0 Å². The number of aromatic nitrogens is 2. The number of benzene rings is 1. The highest BCUT2D eigenvalue weighted by Crippen LogP contribution is 2.36. The summed E-state index contributed by atoms with van der Waals surface area (Å²) in [5.74, 6) is 2.24. The van der Waals surface area contributed by atoms with Crippen molar-refractivity contribution in [3.05, 3.63) is 41.6 Å². The molecule has 9 heteroatoms. The number of nitrogens with zero attached hydrogens (tertiary/aromatic N) is 3. The minimum absolute atomic E-state index is 0.209. The number of alkyl halides is 3. The van der Waals surface area contributed by atoms with Crippen LogP contribution in [0.2, 0.25) is 0 Å². The second kappa shape index (κ2) is 11.6. The van der Waals surface area contributed by atoms with E-state index in [0.29, 0.717) is 11.6 Å². The molecule has 2 aliphatic carbocycles. The molecular formula is C28H38F3N5O. The molecule has 1 aromatic heterocycles. The van der Waals surface area contributed by atoms with Gasteiger partial charge in [-0.3, -0.25) is 0 Å². The highest BCUT2D eigenvalue weighted by Gasteiger charge is 2.31. The van der Waals surface area contributed by atoms with E-state index >= 15 is 0 Å². The smallest absolute Gasteiger partial charge is 0.393 e. The normalized spacial score (nSPS) is 24.3. The molecule has 2 aromatic rings. The summed E-state index contributed by atoms with van der Waals surface area (Å²) in [4.78, 5) is 11.9. The van der Waals surface area contributed by atoms with Gasteiger partial charge in [-0.15, -0.1) is 0 Å². The fourth-order valence-electron chi connectivity index (χ4n) is 6.17. The van der Waals surface area contributed by atoms with Gasteiger partial charge in [0.1, 0.15) is 5.82 Å². The van der Waals surface area contributed by atoms with Crippen molar-refractivity contribution in [2.24, 2.45) is 5.92 Å². The van der Waals surface area contributed by atoms with Crippen LogP contribution < -0.4 is 10.6 Å². The summed E-state index contributed by atoms with van der Waals surface area (Å²) >= 11 is 0. The van der Waals surface area contributed by atoms with Gasteiger partial charge in [0, 0.05) is 30.0 Å². The molecule has 2 heterocycles. The summed E-state index contributed by atoms with van der Waals surface area (Å²) in [6.07, 6.45) is 7.98. The van der Waals surface area contributed by atoms with E-state index in [-0.39, 0.29) is 18.1 Å². The minimum atomic E-state index is -4.41. The Balaban J connectivity index is 1.31. The standard InChI is InChI=1S/C28H38F3N5O/c29-28(30,31)21-6-3-7-23(16-21)34-27-32-17-25(26(35-27)33-22-8-10-24(37)11-9-22)20-12-14-36(15-13-20)18-19-4-1-2-5-19/h3,6-7,16-17,19-20,22,24,37H,1-2,4-5,8-15,18H2,(H2,32,33,34,35). The lowest BCUT2D eigenvalue weighted by atomic mass is 9.89. The summed E-state index contributed by atoms with van der Waals surface area (Å²) in [6.45, 7) is 3.35. The molecule has 0 bridgehead atoms. The van der Waals surface area contributed by atoms with Crippen molar-refractivity contribution < 1.29 is 18.3 Å². The molecule has 202 valence electrons. The molecule has 3 fully saturated rings. The molecule has 2 saturated carbocycles. The average Bonchev–Trinajstić information content (AvgIpc) is 3.39. The Hall–Kier alpha value is -2.39. The van der Waals surface area contributed by atoms with Crippen molar-refractivity contribution in [1.82, 2.24) is 14.9 Å². The first-order valence-electron chi connectivity index (χ1n) is 13.8. The Labute approximate surface area is 217 Å². The van der Waals surface area contributed by atoms with E-state index in [1.54, 1.807) is 6.07 Å². The van der Waals surface area contributed by atoms with Crippen LogP contribution in [0.1, 0.15) is 81.3 Å². The highest BCUT2D eigenvalue weighted by atomic mass is 19.4. The Morgan fingerprint density at radius 3 is 2.41 bits per heavy atom. The predicted molar refractivity (Wildman–Crippen MR) is 139 cm³/mol. The molecule has 0 spiro atoms. The molecule has 6 nitrogen and oxygen atoms in total. The maximum absolute atomic E-state index is 13.2. The number of piperidine rings is 1. The summed E-state index contributed by atoms with van der Waals surface area (Å²) < 4.78 is 39.5. The van der Waals surface area contributed by atoms with E-state index in [2.05, 4.69) is 20.5 Å². The van der Waals surface area contributed by atoms with Gasteiger partial charge in [-0.2, -0.15) is 18.2 Å². The molecule has 0 unspecified atom stereocenters. The summed E-state index contributed by atoms with van der Waals surface area (Å²) in [7, 11) is 0. The van der Waals surface area contributed by atoms with Crippen molar-refractivity contribution in [2.45, 2.75) is 88.4 Å². The zero-order valence-corrected chi connectivity index (χ0v) is 21.3. The first-order chi connectivity index (χ1) is 17.8. The second-order valence-electron chi connectivity index (χ2n) is 11.1. The second-order valence-corrected chi connectivity index (χ2v) is 11.1. The quantitative estimate of drug-likeness (QED) is 0.399. The predicted octanol–water partition coefficient (Wildman–Crippen LogP) is 6.32. The average molecular weight is 518 g/mol. The van der Waals surface area contributed by atoms with E-state index in [1.807, 2.05) is 6.20 Å². The van der Waals surface area contributed by atoms with Crippen LogP contribution in [0.4, 0.5) is 30.6 Å². The van der Waals surface area contributed by atoms with Crippen molar-refractivity contribution >= 4 is 17.5 Å². The zero-order chi connectivity index (χ0) is 25.8. The van der Waals surface area contributed by atoms with Gasteiger partial charge in [-0.25, -0.2) is 4.98 Å². The third kappa shape index (κ3) is 6.93. The number of hydrogen-bond donors (Lipinski definition) is 3. The van der Waals surface area contributed by atoms with Gasteiger partial charge in [0.15, 0.2) is 0 Å². The van der Waals surface area contributed by atoms with Crippen LogP contribution in [-0.4, -0.2) is 51.8 Å². The number of likely N-dealkylation sites (tertiary alicyclic amines) is 1. The number of nitrogens with one attached hydrogen (secondary N) is 2. The van der Waals surface area contributed by atoms with Gasteiger partial charge in [-0.1, -0.05) is 18.9 Å². The van der Waals surface area contributed by atoms with Crippen molar-refractivity contribution in [2.75, 3.05) is 30.3 Å². The fraction of sp³-hybridized carbons (Fsp3) is 0.643.